The number of hydrogen-bond donors (Lipinski definition) is 5. The number of carboxylic acid groups (broad SMARTS) is 2. The summed E-state index contributed by atoms with van der Waals surface area (Å²) < 4.78 is 40.8. The van der Waals surface area contributed by atoms with Crippen LogP contribution in [0.15, 0.2) is 82.7 Å². The lowest BCUT2D eigenvalue weighted by Crippen LogP contribution is -2.26. The molecule has 0 unspecified atom stereocenters. The van der Waals surface area contributed by atoms with Crippen molar-refractivity contribution < 1.29 is 32.6 Å². The molecule has 0 spiro atoms. The molecule has 1 aliphatic rings. The van der Waals surface area contributed by atoms with Crippen LogP contribution in [0.4, 0.5) is 10.1 Å². The van der Waals surface area contributed by atoms with Crippen molar-refractivity contribution in [3.8, 4) is 0 Å². The second kappa shape index (κ2) is 12.6. The fourth-order valence-electron chi connectivity index (χ4n) is 3.25. The molecule has 10 nitrogen and oxygen atoms in total. The van der Waals surface area contributed by atoms with Gasteiger partial charge in [0.25, 0.3) is 0 Å². The standard InChI is InChI=1S/C23H23FN4O2S.C2H2O4/c24-21-3-1-2-4-22(21)31(29,30)27-16-19-7-5-17(6-8-19)15-18-9-11-20(12-10-18)28-23-25-13-14-26-23;3-1(4)2(5)6/h1-12,27H,13-16H2,(H2,25,26,28);(H,3,4)(H,5,6). The Bertz CT molecular complexity index is 1370. The van der Waals surface area contributed by atoms with Gasteiger partial charge in [0.2, 0.25) is 10.0 Å². The van der Waals surface area contributed by atoms with Crippen LogP contribution in [0.3, 0.4) is 0 Å². The van der Waals surface area contributed by atoms with Gasteiger partial charge in [-0.05, 0) is 47.4 Å². The number of nitrogens with one attached hydrogen (secondary N) is 3. The summed E-state index contributed by atoms with van der Waals surface area (Å²) in [6.07, 6.45) is 0.765. The number of aliphatic carboxylic acids is 2. The Morgan fingerprint density at radius 1 is 0.892 bits per heavy atom. The van der Waals surface area contributed by atoms with Crippen LogP contribution in [-0.2, 0) is 32.6 Å². The van der Waals surface area contributed by atoms with E-state index in [2.05, 4.69) is 32.5 Å². The molecule has 0 fully saturated rings. The van der Waals surface area contributed by atoms with Crippen molar-refractivity contribution in [3.05, 3.63) is 95.3 Å². The number of hydrogen-bond acceptors (Lipinski definition) is 7. The number of aliphatic imine (C=N–C) groups is 1. The molecule has 5 N–H and O–H groups in total. The van der Waals surface area contributed by atoms with Gasteiger partial charge in [0, 0.05) is 18.8 Å². The average Bonchev–Trinajstić information content (AvgIpc) is 3.38. The monoisotopic (exact) mass is 528 g/mol. The quantitative estimate of drug-likeness (QED) is 0.293. The van der Waals surface area contributed by atoms with Gasteiger partial charge in [0.15, 0.2) is 5.96 Å². The average molecular weight is 529 g/mol. The molecule has 0 atom stereocenters. The van der Waals surface area contributed by atoms with E-state index < -0.39 is 27.8 Å². The van der Waals surface area contributed by atoms with Crippen molar-refractivity contribution >= 4 is 33.6 Å². The van der Waals surface area contributed by atoms with Gasteiger partial charge in [0.05, 0.1) is 6.54 Å². The molecule has 3 aromatic rings. The van der Waals surface area contributed by atoms with Crippen molar-refractivity contribution in [1.29, 1.82) is 0 Å². The summed E-state index contributed by atoms with van der Waals surface area (Å²) in [5, 5.41) is 21.2. The Kier molecular flexibility index (Phi) is 9.30. The van der Waals surface area contributed by atoms with Gasteiger partial charge in [-0.15, -0.1) is 0 Å². The van der Waals surface area contributed by atoms with Crippen LogP contribution in [-0.4, -0.2) is 49.6 Å². The van der Waals surface area contributed by atoms with Gasteiger partial charge in [-0.25, -0.2) is 27.1 Å². The summed E-state index contributed by atoms with van der Waals surface area (Å²) in [5.74, 6) is -3.61. The van der Waals surface area contributed by atoms with E-state index in [0.717, 1.165) is 48.4 Å². The van der Waals surface area contributed by atoms with Gasteiger partial charge < -0.3 is 20.8 Å². The Hall–Kier alpha value is -4.29. The van der Waals surface area contributed by atoms with Crippen LogP contribution in [0.2, 0.25) is 0 Å². The first-order valence-electron chi connectivity index (χ1n) is 11.1. The molecule has 0 amide bonds. The number of carbonyl (C=O) groups is 2. The van der Waals surface area contributed by atoms with E-state index in [4.69, 9.17) is 19.8 Å². The summed E-state index contributed by atoms with van der Waals surface area (Å²) in [7, 11) is -3.90. The molecular weight excluding hydrogens is 503 g/mol. The smallest absolute Gasteiger partial charge is 0.414 e. The van der Waals surface area contributed by atoms with Crippen LogP contribution >= 0.6 is 0 Å². The Labute approximate surface area is 212 Å². The van der Waals surface area contributed by atoms with E-state index in [9.17, 15) is 12.8 Å². The fourth-order valence-corrected chi connectivity index (χ4v) is 4.35. The number of sulfonamides is 1. The van der Waals surface area contributed by atoms with Crippen LogP contribution in [0.25, 0.3) is 0 Å². The Balaban J connectivity index is 0.000000568. The highest BCUT2D eigenvalue weighted by Gasteiger charge is 2.17. The molecule has 194 valence electrons. The number of guanidine groups is 1. The summed E-state index contributed by atoms with van der Waals surface area (Å²) in [5.41, 5.74) is 4.06. The van der Waals surface area contributed by atoms with E-state index in [0.29, 0.717) is 0 Å². The van der Waals surface area contributed by atoms with Crippen molar-refractivity contribution in [2.75, 3.05) is 18.4 Å². The lowest BCUT2D eigenvalue weighted by molar-refractivity contribution is -0.159. The van der Waals surface area contributed by atoms with Crippen LogP contribution in [0.1, 0.15) is 16.7 Å². The summed E-state index contributed by atoms with van der Waals surface area (Å²) >= 11 is 0. The number of anilines is 1. The van der Waals surface area contributed by atoms with Crippen LogP contribution in [0.5, 0.6) is 0 Å². The molecular formula is C25H25FN4O6S. The highest BCUT2D eigenvalue weighted by molar-refractivity contribution is 7.89. The summed E-state index contributed by atoms with van der Waals surface area (Å²) in [6, 6.07) is 21.2. The largest absolute Gasteiger partial charge is 0.473 e. The molecule has 1 aliphatic heterocycles. The number of halogens is 1. The molecule has 0 saturated heterocycles. The van der Waals surface area contributed by atoms with Gasteiger partial charge in [-0.1, -0.05) is 48.5 Å². The molecule has 0 aromatic heterocycles. The molecule has 0 saturated carbocycles. The highest BCUT2D eigenvalue weighted by Crippen LogP contribution is 2.16. The van der Waals surface area contributed by atoms with Crippen LogP contribution < -0.4 is 15.4 Å². The molecule has 0 radical (unpaired) electrons. The van der Waals surface area contributed by atoms with E-state index in [1.807, 2.05) is 36.4 Å². The molecule has 4 rings (SSSR count). The first-order valence-corrected chi connectivity index (χ1v) is 12.5. The first-order chi connectivity index (χ1) is 17.6. The molecule has 0 bridgehead atoms. The zero-order chi connectivity index (χ0) is 26.8. The third kappa shape index (κ3) is 8.40. The molecule has 0 aliphatic carbocycles. The minimum absolute atomic E-state index is 0.0925. The second-order valence-corrected chi connectivity index (χ2v) is 9.57. The lowest BCUT2D eigenvalue weighted by atomic mass is 10.0. The predicted molar refractivity (Wildman–Crippen MR) is 135 cm³/mol. The number of benzene rings is 3. The van der Waals surface area contributed by atoms with E-state index in [1.165, 1.54) is 23.8 Å². The molecule has 1 heterocycles. The van der Waals surface area contributed by atoms with Crippen molar-refractivity contribution in [1.82, 2.24) is 10.0 Å². The second-order valence-electron chi connectivity index (χ2n) is 7.84. The van der Waals surface area contributed by atoms with Crippen molar-refractivity contribution in [3.63, 3.8) is 0 Å². The normalized spacial score (nSPS) is 12.5. The first kappa shape index (κ1) is 27.3. The maximum absolute atomic E-state index is 13.8. The minimum atomic E-state index is -3.90. The maximum atomic E-state index is 13.8. The predicted octanol–water partition coefficient (Wildman–Crippen LogP) is 2.42. The Morgan fingerprint density at radius 3 is 2.00 bits per heavy atom. The number of rotatable bonds is 7. The van der Waals surface area contributed by atoms with E-state index in [1.54, 1.807) is 0 Å². The topological polar surface area (TPSA) is 157 Å². The lowest BCUT2D eigenvalue weighted by Gasteiger charge is -2.09. The van der Waals surface area contributed by atoms with E-state index in [-0.39, 0.29) is 11.4 Å². The van der Waals surface area contributed by atoms with Gasteiger partial charge in [-0.3, -0.25) is 4.99 Å². The van der Waals surface area contributed by atoms with E-state index >= 15 is 0 Å². The SMILES string of the molecule is O=C(O)C(=O)O.O=S(=O)(NCc1ccc(Cc2ccc(NC3=NCCN3)cc2)cc1)c1ccccc1F. The van der Waals surface area contributed by atoms with Crippen molar-refractivity contribution in [2.45, 2.75) is 17.9 Å². The number of carboxylic acids is 2. The van der Waals surface area contributed by atoms with Crippen molar-refractivity contribution in [2.24, 2.45) is 4.99 Å². The zero-order valence-corrected chi connectivity index (χ0v) is 20.3. The minimum Gasteiger partial charge on any atom is -0.473 e. The third-order valence-corrected chi connectivity index (χ3v) is 6.53. The molecule has 3 aromatic carbocycles. The highest BCUT2D eigenvalue weighted by atomic mass is 32.2. The fraction of sp³-hybridized carbons (Fsp3) is 0.160. The molecule has 12 heteroatoms. The number of nitrogens with zero attached hydrogens (tertiary/aromatic N) is 1. The Morgan fingerprint density at radius 2 is 1.46 bits per heavy atom. The van der Waals surface area contributed by atoms with Gasteiger partial charge in [0.1, 0.15) is 10.7 Å². The van der Waals surface area contributed by atoms with Gasteiger partial charge >= 0.3 is 11.9 Å². The third-order valence-electron chi connectivity index (χ3n) is 5.10. The maximum Gasteiger partial charge on any atom is 0.414 e. The molecule has 37 heavy (non-hydrogen) atoms. The zero-order valence-electron chi connectivity index (χ0n) is 19.5. The summed E-state index contributed by atoms with van der Waals surface area (Å²) in [6.45, 7) is 1.75. The van der Waals surface area contributed by atoms with Gasteiger partial charge in [-0.2, -0.15) is 0 Å². The van der Waals surface area contributed by atoms with Crippen LogP contribution in [0, 0.1) is 5.82 Å². The summed E-state index contributed by atoms with van der Waals surface area (Å²) in [4.78, 5) is 22.2.